The van der Waals surface area contributed by atoms with Gasteiger partial charge in [-0.1, -0.05) is 0 Å². The quantitative estimate of drug-likeness (QED) is 0.792. The van der Waals surface area contributed by atoms with Gasteiger partial charge in [-0.2, -0.15) is 0 Å². The van der Waals surface area contributed by atoms with E-state index < -0.39 is 11.7 Å². The summed E-state index contributed by atoms with van der Waals surface area (Å²) >= 11 is 0. The Balaban J connectivity index is 1.76. The van der Waals surface area contributed by atoms with Crippen molar-refractivity contribution in [1.29, 1.82) is 0 Å². The van der Waals surface area contributed by atoms with Gasteiger partial charge in [-0.05, 0) is 40.0 Å². The lowest BCUT2D eigenvalue weighted by Gasteiger charge is -2.40. The molecule has 1 aromatic carbocycles. The van der Waals surface area contributed by atoms with Crippen LogP contribution >= 0.6 is 0 Å². The standard InChI is InChI=1S/C21H31N3O6/c1-21(2,3)30-20(26)22-12-15-13-23(4)6-7-24(15)19(25)14-10-16(27-5)18-17(11-14)28-8-9-29-18/h10-11,15H,6-9,12-13H2,1-5H3,(H,22,26)/t15-/m1/s1. The summed E-state index contributed by atoms with van der Waals surface area (Å²) in [7, 11) is 3.53. The van der Waals surface area contributed by atoms with Crippen molar-refractivity contribution < 1.29 is 28.5 Å². The Morgan fingerprint density at radius 1 is 1.20 bits per heavy atom. The van der Waals surface area contributed by atoms with E-state index in [4.69, 9.17) is 18.9 Å². The first kappa shape index (κ1) is 22.0. The first-order valence-corrected chi connectivity index (χ1v) is 10.1. The Bertz CT molecular complexity index is 774. The van der Waals surface area contributed by atoms with Crippen LogP contribution in [0.1, 0.15) is 31.1 Å². The number of rotatable bonds is 4. The molecule has 2 heterocycles. The van der Waals surface area contributed by atoms with E-state index in [9.17, 15) is 9.59 Å². The fraction of sp³-hybridized carbons (Fsp3) is 0.619. The van der Waals surface area contributed by atoms with Gasteiger partial charge < -0.3 is 34.1 Å². The highest BCUT2D eigenvalue weighted by Crippen LogP contribution is 2.40. The first-order valence-electron chi connectivity index (χ1n) is 10.1. The Morgan fingerprint density at radius 2 is 1.93 bits per heavy atom. The van der Waals surface area contributed by atoms with Gasteiger partial charge in [-0.15, -0.1) is 0 Å². The van der Waals surface area contributed by atoms with Gasteiger partial charge in [-0.25, -0.2) is 4.79 Å². The predicted molar refractivity (Wildman–Crippen MR) is 111 cm³/mol. The third kappa shape index (κ3) is 5.27. The molecule has 1 saturated heterocycles. The third-order valence-corrected chi connectivity index (χ3v) is 4.90. The Kier molecular flexibility index (Phi) is 6.60. The number of hydrogen-bond acceptors (Lipinski definition) is 7. The smallest absolute Gasteiger partial charge is 0.407 e. The minimum absolute atomic E-state index is 0.144. The molecule has 0 aromatic heterocycles. The normalized spacial score (nSPS) is 19.2. The van der Waals surface area contributed by atoms with Gasteiger partial charge >= 0.3 is 6.09 Å². The molecule has 1 atom stereocenters. The second-order valence-electron chi connectivity index (χ2n) is 8.50. The second kappa shape index (κ2) is 8.99. The molecule has 0 radical (unpaired) electrons. The number of nitrogens with one attached hydrogen (secondary N) is 1. The Morgan fingerprint density at radius 3 is 2.63 bits per heavy atom. The lowest BCUT2D eigenvalue weighted by molar-refractivity contribution is 0.0402. The summed E-state index contributed by atoms with van der Waals surface area (Å²) in [5.41, 5.74) is -0.118. The van der Waals surface area contributed by atoms with E-state index in [1.165, 1.54) is 7.11 Å². The van der Waals surface area contributed by atoms with Crippen LogP contribution in [0.4, 0.5) is 4.79 Å². The maximum Gasteiger partial charge on any atom is 0.407 e. The number of piperazine rings is 1. The Labute approximate surface area is 177 Å². The van der Waals surface area contributed by atoms with Gasteiger partial charge in [0.2, 0.25) is 5.75 Å². The van der Waals surface area contributed by atoms with Crippen LogP contribution in [0.3, 0.4) is 0 Å². The van der Waals surface area contributed by atoms with Crippen molar-refractivity contribution in [3.8, 4) is 17.2 Å². The van der Waals surface area contributed by atoms with E-state index >= 15 is 0 Å². The molecule has 0 aliphatic carbocycles. The number of fused-ring (bicyclic) bond motifs is 1. The fourth-order valence-corrected chi connectivity index (χ4v) is 3.53. The van der Waals surface area contributed by atoms with Gasteiger partial charge in [0.15, 0.2) is 11.5 Å². The van der Waals surface area contributed by atoms with Gasteiger partial charge in [0.1, 0.15) is 18.8 Å². The van der Waals surface area contributed by atoms with Crippen molar-refractivity contribution in [2.45, 2.75) is 32.4 Å². The van der Waals surface area contributed by atoms with Gasteiger partial charge in [0.25, 0.3) is 5.91 Å². The van der Waals surface area contributed by atoms with E-state index in [0.717, 1.165) is 6.54 Å². The van der Waals surface area contributed by atoms with Gasteiger partial charge in [0.05, 0.1) is 13.2 Å². The highest BCUT2D eigenvalue weighted by atomic mass is 16.6. The van der Waals surface area contributed by atoms with Crippen molar-refractivity contribution >= 4 is 12.0 Å². The molecular weight excluding hydrogens is 390 g/mol. The molecule has 0 spiro atoms. The highest BCUT2D eigenvalue weighted by Gasteiger charge is 2.32. The minimum atomic E-state index is -0.579. The van der Waals surface area contributed by atoms with Gasteiger partial charge in [-0.3, -0.25) is 4.79 Å². The lowest BCUT2D eigenvalue weighted by Crippen LogP contribution is -2.58. The van der Waals surface area contributed by atoms with Crippen LogP contribution < -0.4 is 19.5 Å². The van der Waals surface area contributed by atoms with Crippen LogP contribution in [0, 0.1) is 0 Å². The Hall–Kier alpha value is -2.68. The molecule has 3 rings (SSSR count). The van der Waals surface area contributed by atoms with Crippen molar-refractivity contribution in [1.82, 2.24) is 15.1 Å². The van der Waals surface area contributed by atoms with E-state index in [0.29, 0.717) is 55.7 Å². The zero-order chi connectivity index (χ0) is 21.9. The predicted octanol–water partition coefficient (Wildman–Crippen LogP) is 1.75. The van der Waals surface area contributed by atoms with Crippen molar-refractivity contribution in [3.63, 3.8) is 0 Å². The maximum atomic E-state index is 13.4. The second-order valence-corrected chi connectivity index (χ2v) is 8.50. The van der Waals surface area contributed by atoms with E-state index in [1.54, 1.807) is 17.0 Å². The number of alkyl carbamates (subject to hydrolysis) is 1. The summed E-state index contributed by atoms with van der Waals surface area (Å²) in [5.74, 6) is 1.34. The number of carbonyl (C=O) groups excluding carboxylic acids is 2. The van der Waals surface area contributed by atoms with Crippen LogP contribution in [0.2, 0.25) is 0 Å². The number of ether oxygens (including phenoxy) is 4. The fourth-order valence-electron chi connectivity index (χ4n) is 3.53. The topological polar surface area (TPSA) is 89.6 Å². The van der Waals surface area contributed by atoms with Crippen LogP contribution in [0.5, 0.6) is 17.2 Å². The number of nitrogens with zero attached hydrogens (tertiary/aromatic N) is 2. The summed E-state index contributed by atoms with van der Waals surface area (Å²) in [4.78, 5) is 29.3. The lowest BCUT2D eigenvalue weighted by atomic mass is 10.1. The number of methoxy groups -OCH3 is 1. The van der Waals surface area contributed by atoms with Crippen molar-refractivity contribution in [2.24, 2.45) is 0 Å². The summed E-state index contributed by atoms with van der Waals surface area (Å²) in [6.45, 7) is 8.53. The summed E-state index contributed by atoms with van der Waals surface area (Å²) < 4.78 is 22.0. The first-order chi connectivity index (χ1) is 14.2. The molecule has 1 aromatic rings. The summed E-state index contributed by atoms with van der Waals surface area (Å²) in [5, 5.41) is 2.79. The minimum Gasteiger partial charge on any atom is -0.493 e. The van der Waals surface area contributed by atoms with Gasteiger partial charge in [0, 0.05) is 31.7 Å². The molecule has 2 amide bonds. The maximum absolute atomic E-state index is 13.4. The average molecular weight is 421 g/mol. The summed E-state index contributed by atoms with van der Waals surface area (Å²) in [6, 6.07) is 3.17. The molecule has 0 saturated carbocycles. The molecule has 2 aliphatic heterocycles. The number of benzene rings is 1. The SMILES string of the molecule is COc1cc(C(=O)N2CCN(C)C[C@H]2CNC(=O)OC(C)(C)C)cc2c1OCCO2. The third-order valence-electron chi connectivity index (χ3n) is 4.90. The molecule has 30 heavy (non-hydrogen) atoms. The van der Waals surface area contributed by atoms with E-state index in [-0.39, 0.29) is 11.9 Å². The molecule has 166 valence electrons. The molecule has 1 N–H and O–H groups in total. The zero-order valence-corrected chi connectivity index (χ0v) is 18.3. The van der Waals surface area contributed by atoms with Crippen LogP contribution in [0.25, 0.3) is 0 Å². The molecule has 0 unspecified atom stereocenters. The number of likely N-dealkylation sites (N-methyl/N-ethyl adjacent to an activating group) is 1. The largest absolute Gasteiger partial charge is 0.493 e. The van der Waals surface area contributed by atoms with Crippen LogP contribution in [-0.4, -0.2) is 87.0 Å². The zero-order valence-electron chi connectivity index (χ0n) is 18.3. The monoisotopic (exact) mass is 421 g/mol. The molecule has 0 bridgehead atoms. The van der Waals surface area contributed by atoms with E-state index in [2.05, 4.69) is 10.2 Å². The van der Waals surface area contributed by atoms with Crippen LogP contribution in [0.15, 0.2) is 12.1 Å². The molecule has 1 fully saturated rings. The highest BCUT2D eigenvalue weighted by molar-refractivity contribution is 5.96. The number of amides is 2. The van der Waals surface area contributed by atoms with Crippen molar-refractivity contribution in [3.05, 3.63) is 17.7 Å². The summed E-state index contributed by atoms with van der Waals surface area (Å²) in [6.07, 6.45) is -0.496. The number of hydrogen-bond donors (Lipinski definition) is 1. The molecule has 9 nitrogen and oxygen atoms in total. The average Bonchev–Trinajstić information content (AvgIpc) is 2.69. The molecule has 2 aliphatic rings. The van der Waals surface area contributed by atoms with Crippen molar-refractivity contribution in [2.75, 3.05) is 53.6 Å². The molecule has 9 heteroatoms. The van der Waals surface area contributed by atoms with Crippen LogP contribution in [-0.2, 0) is 4.74 Å². The molecular formula is C21H31N3O6. The van der Waals surface area contributed by atoms with E-state index in [1.807, 2.05) is 27.8 Å². The number of carbonyl (C=O) groups is 2.